The summed E-state index contributed by atoms with van der Waals surface area (Å²) in [5.41, 5.74) is 2.38. The third-order valence-electron chi connectivity index (χ3n) is 3.57. The predicted molar refractivity (Wildman–Crippen MR) is 81.5 cm³/mol. The van der Waals surface area contributed by atoms with Gasteiger partial charge in [0, 0.05) is 34.3 Å². The average molecular weight is 336 g/mol. The molecule has 0 bridgehead atoms. The smallest absolute Gasteiger partial charge is 0.161 e. The van der Waals surface area contributed by atoms with Crippen LogP contribution in [0.2, 0.25) is 0 Å². The molecule has 0 saturated carbocycles. The monoisotopic (exact) mass is 336 g/mol. The molecule has 0 amide bonds. The molecule has 0 spiro atoms. The Kier molecular flexibility index (Phi) is 3.96. The van der Waals surface area contributed by atoms with E-state index in [-0.39, 0.29) is 0 Å². The summed E-state index contributed by atoms with van der Waals surface area (Å²) in [5, 5.41) is 14.1. The van der Waals surface area contributed by atoms with Crippen LogP contribution in [-0.2, 0) is 0 Å². The van der Waals surface area contributed by atoms with Crippen LogP contribution in [0, 0.1) is 37.1 Å². The first-order chi connectivity index (χ1) is 11.4. The number of aryl methyl sites for hydroxylation is 2. The fourth-order valence-electron chi connectivity index (χ4n) is 2.27. The molecule has 0 radical (unpaired) electrons. The highest BCUT2D eigenvalue weighted by Crippen LogP contribution is 2.19. The van der Waals surface area contributed by atoms with E-state index in [4.69, 9.17) is 0 Å². The number of nitrogens with one attached hydrogen (secondary N) is 2. The number of hydrogen-bond acceptors (Lipinski definition) is 2. The summed E-state index contributed by atoms with van der Waals surface area (Å²) in [4.78, 5) is 0. The first-order valence-electron chi connectivity index (χ1n) is 6.96. The zero-order valence-electron chi connectivity index (χ0n) is 12.7. The number of aromatic nitrogens is 4. The molecule has 2 aromatic heterocycles. The molecule has 0 aliphatic carbocycles. The van der Waals surface area contributed by atoms with Gasteiger partial charge in [0.15, 0.2) is 23.3 Å². The Labute approximate surface area is 133 Å². The maximum Gasteiger partial charge on any atom is 0.161 e. The highest BCUT2D eigenvalue weighted by atomic mass is 19.2. The van der Waals surface area contributed by atoms with Crippen LogP contribution < -0.4 is 0 Å². The zero-order chi connectivity index (χ0) is 17.4. The van der Waals surface area contributed by atoms with Crippen LogP contribution in [0.1, 0.15) is 11.4 Å². The molecule has 2 heterocycles. The van der Waals surface area contributed by atoms with Gasteiger partial charge >= 0.3 is 0 Å². The number of rotatable bonds is 0. The van der Waals surface area contributed by atoms with E-state index in [1.54, 1.807) is 13.8 Å². The van der Waals surface area contributed by atoms with Crippen LogP contribution in [0.3, 0.4) is 0 Å². The van der Waals surface area contributed by atoms with E-state index in [1.165, 1.54) is 0 Å². The highest BCUT2D eigenvalue weighted by molar-refractivity contribution is 5.81. The molecule has 0 aliphatic rings. The number of hydrogen-bond donors (Lipinski definition) is 2. The van der Waals surface area contributed by atoms with Crippen LogP contribution in [0.5, 0.6) is 0 Å². The minimum absolute atomic E-state index is 0.450. The lowest BCUT2D eigenvalue weighted by Crippen LogP contribution is -1.82. The van der Waals surface area contributed by atoms with E-state index in [1.807, 2.05) is 0 Å². The van der Waals surface area contributed by atoms with Crippen molar-refractivity contribution in [1.82, 2.24) is 20.4 Å². The first-order valence-corrected chi connectivity index (χ1v) is 6.96. The Hall–Kier alpha value is -2.90. The molecule has 0 atom stereocenters. The van der Waals surface area contributed by atoms with Gasteiger partial charge in [0.25, 0.3) is 0 Å². The molecule has 4 rings (SSSR count). The van der Waals surface area contributed by atoms with Crippen LogP contribution in [-0.4, -0.2) is 20.4 Å². The summed E-state index contributed by atoms with van der Waals surface area (Å²) in [6.45, 7) is 3.51. The van der Waals surface area contributed by atoms with Gasteiger partial charge < -0.3 is 0 Å². The van der Waals surface area contributed by atoms with Crippen LogP contribution >= 0.6 is 0 Å². The third kappa shape index (κ3) is 2.82. The van der Waals surface area contributed by atoms with E-state index >= 15 is 0 Å². The van der Waals surface area contributed by atoms with Crippen molar-refractivity contribution in [3.8, 4) is 0 Å². The molecular weight excluding hydrogens is 324 g/mol. The van der Waals surface area contributed by atoms with Gasteiger partial charge in [-0.1, -0.05) is 0 Å². The van der Waals surface area contributed by atoms with E-state index in [0.717, 1.165) is 35.7 Å². The Bertz CT molecular complexity index is 952. The number of nitrogens with zero attached hydrogens (tertiary/aromatic N) is 2. The number of H-pyrrole nitrogens is 2. The van der Waals surface area contributed by atoms with Crippen molar-refractivity contribution in [3.63, 3.8) is 0 Å². The molecule has 0 aliphatic heterocycles. The largest absolute Gasteiger partial charge is 0.282 e. The van der Waals surface area contributed by atoms with Gasteiger partial charge in [-0.3, -0.25) is 10.2 Å². The number of benzene rings is 2. The van der Waals surface area contributed by atoms with Crippen LogP contribution in [0.15, 0.2) is 24.3 Å². The lowest BCUT2D eigenvalue weighted by atomic mass is 10.2. The molecule has 0 saturated heterocycles. The Morgan fingerprint density at radius 2 is 0.958 bits per heavy atom. The van der Waals surface area contributed by atoms with E-state index in [0.29, 0.717) is 21.8 Å². The molecule has 4 aromatic rings. The van der Waals surface area contributed by atoms with Crippen molar-refractivity contribution in [3.05, 3.63) is 58.9 Å². The predicted octanol–water partition coefficient (Wildman–Crippen LogP) is 4.30. The maximum atomic E-state index is 12.7. The summed E-state index contributed by atoms with van der Waals surface area (Å²) in [5.74, 6) is -3.41. The fourth-order valence-corrected chi connectivity index (χ4v) is 2.27. The van der Waals surface area contributed by atoms with Crippen molar-refractivity contribution >= 4 is 21.8 Å². The minimum Gasteiger partial charge on any atom is -0.282 e. The lowest BCUT2D eigenvalue weighted by molar-refractivity contribution is 0.511. The van der Waals surface area contributed by atoms with Gasteiger partial charge in [-0.2, -0.15) is 10.2 Å². The average Bonchev–Trinajstić information content (AvgIpc) is 3.06. The quantitative estimate of drug-likeness (QED) is 0.470. The van der Waals surface area contributed by atoms with E-state index < -0.39 is 23.3 Å². The second-order valence-corrected chi connectivity index (χ2v) is 5.26. The second-order valence-electron chi connectivity index (χ2n) is 5.26. The first kappa shape index (κ1) is 16.0. The molecule has 2 N–H and O–H groups in total. The van der Waals surface area contributed by atoms with Crippen molar-refractivity contribution in [2.45, 2.75) is 13.8 Å². The van der Waals surface area contributed by atoms with Gasteiger partial charge in [-0.15, -0.1) is 0 Å². The summed E-state index contributed by atoms with van der Waals surface area (Å²) >= 11 is 0. The number of aromatic amines is 2. The molecule has 4 nitrogen and oxygen atoms in total. The van der Waals surface area contributed by atoms with Crippen molar-refractivity contribution in [2.75, 3.05) is 0 Å². The highest BCUT2D eigenvalue weighted by Gasteiger charge is 2.08. The summed E-state index contributed by atoms with van der Waals surface area (Å²) in [6.07, 6.45) is 0. The van der Waals surface area contributed by atoms with Gasteiger partial charge in [0.2, 0.25) is 0 Å². The molecule has 0 fully saturated rings. The molecule has 24 heavy (non-hydrogen) atoms. The van der Waals surface area contributed by atoms with Gasteiger partial charge in [-0.05, 0) is 26.0 Å². The van der Waals surface area contributed by atoms with E-state index in [2.05, 4.69) is 20.4 Å². The van der Waals surface area contributed by atoms with E-state index in [9.17, 15) is 17.6 Å². The van der Waals surface area contributed by atoms with Gasteiger partial charge in [0.05, 0.1) is 11.0 Å². The van der Waals surface area contributed by atoms with Gasteiger partial charge in [0.1, 0.15) is 0 Å². The summed E-state index contributed by atoms with van der Waals surface area (Å²) in [6, 6.07) is 4.44. The SMILES string of the molecule is Cc1[nH]nc2cc(F)c(F)cc12.Cc1[nH]nc2cc(F)c(F)cc12. The fraction of sp³-hybridized carbons (Fsp3) is 0.125. The topological polar surface area (TPSA) is 57.4 Å². The van der Waals surface area contributed by atoms with Gasteiger partial charge in [-0.25, -0.2) is 17.6 Å². The summed E-state index contributed by atoms with van der Waals surface area (Å²) in [7, 11) is 0. The van der Waals surface area contributed by atoms with Crippen LogP contribution in [0.25, 0.3) is 21.8 Å². The Morgan fingerprint density at radius 1 is 0.625 bits per heavy atom. The summed E-state index contributed by atoms with van der Waals surface area (Å²) < 4.78 is 50.6. The standard InChI is InChI=1S/2C8H6F2N2/c2*1-4-5-2-6(9)7(10)3-8(5)12-11-4/h2*2-3H,1H3,(H,11,12). The molecule has 2 aromatic carbocycles. The minimum atomic E-state index is -0.867. The van der Waals surface area contributed by atoms with Crippen molar-refractivity contribution in [1.29, 1.82) is 0 Å². The second kappa shape index (κ2) is 5.95. The molecule has 8 heteroatoms. The van der Waals surface area contributed by atoms with Crippen LogP contribution in [0.4, 0.5) is 17.6 Å². The van der Waals surface area contributed by atoms with Crippen molar-refractivity contribution in [2.24, 2.45) is 0 Å². The lowest BCUT2D eigenvalue weighted by Gasteiger charge is -1.91. The Balaban J connectivity index is 0.000000141. The molecular formula is C16H12F4N4. The number of halogens is 4. The number of fused-ring (bicyclic) bond motifs is 2. The third-order valence-corrected chi connectivity index (χ3v) is 3.57. The van der Waals surface area contributed by atoms with Crippen molar-refractivity contribution < 1.29 is 17.6 Å². The zero-order valence-corrected chi connectivity index (χ0v) is 12.7. The molecule has 0 unspecified atom stereocenters. The maximum absolute atomic E-state index is 12.7. The molecule has 124 valence electrons. The Morgan fingerprint density at radius 3 is 1.33 bits per heavy atom. The normalized spacial score (nSPS) is 10.9.